The highest BCUT2D eigenvalue weighted by molar-refractivity contribution is 5.95. The maximum atomic E-state index is 14.1. The quantitative estimate of drug-likeness (QED) is 0.256. The fourth-order valence-corrected chi connectivity index (χ4v) is 5.01. The van der Waals surface area contributed by atoms with E-state index in [1.54, 1.807) is 27.2 Å². The van der Waals surface area contributed by atoms with Crippen LogP contribution in [-0.4, -0.2) is 83.5 Å². The number of halogens is 3. The van der Waals surface area contributed by atoms with E-state index in [1.807, 2.05) is 93.6 Å². The topological polar surface area (TPSA) is 133 Å². The number of alkyl halides is 3. The molecule has 254 valence electrons. The van der Waals surface area contributed by atoms with Gasteiger partial charge >= 0.3 is 12.1 Å². The SMILES string of the molecule is CNC(=O)[C@@H](Cc1ccccc1)N(C)C(=O)[C@@H](Cc1ccc2ccccc2c1)N(C)C(=O)/C=C(/C)CC(C)(C)N.O=C(O)C(F)(F)F. The van der Waals surface area contributed by atoms with Crippen LogP contribution in [0.4, 0.5) is 13.2 Å². The lowest BCUT2D eigenvalue weighted by atomic mass is 9.96. The highest BCUT2D eigenvalue weighted by Gasteiger charge is 2.38. The van der Waals surface area contributed by atoms with Gasteiger partial charge in [-0.1, -0.05) is 78.4 Å². The highest BCUT2D eigenvalue weighted by atomic mass is 19.4. The van der Waals surface area contributed by atoms with Crippen molar-refractivity contribution in [2.75, 3.05) is 21.1 Å². The molecule has 2 atom stereocenters. The van der Waals surface area contributed by atoms with E-state index in [0.29, 0.717) is 19.3 Å². The third-order valence-electron chi connectivity index (χ3n) is 7.33. The first-order chi connectivity index (χ1) is 21.8. The Balaban J connectivity index is 0.000000984. The summed E-state index contributed by atoms with van der Waals surface area (Å²) in [7, 11) is 4.84. The first kappa shape index (κ1) is 38.5. The molecule has 0 aliphatic carbocycles. The van der Waals surface area contributed by atoms with Crippen LogP contribution in [0.25, 0.3) is 10.8 Å². The zero-order valence-electron chi connectivity index (χ0n) is 27.5. The van der Waals surface area contributed by atoms with Crippen LogP contribution >= 0.6 is 0 Å². The second-order valence-corrected chi connectivity index (χ2v) is 12.1. The van der Waals surface area contributed by atoms with Crippen molar-refractivity contribution in [2.24, 2.45) is 5.73 Å². The van der Waals surface area contributed by atoms with Crippen LogP contribution in [-0.2, 0) is 32.0 Å². The Bertz CT molecular complexity index is 1570. The van der Waals surface area contributed by atoms with Gasteiger partial charge in [0.15, 0.2) is 0 Å². The normalized spacial score (nSPS) is 13.1. The molecule has 12 heteroatoms. The van der Waals surface area contributed by atoms with Gasteiger partial charge in [-0.3, -0.25) is 14.4 Å². The molecule has 0 aliphatic heterocycles. The molecule has 47 heavy (non-hydrogen) atoms. The van der Waals surface area contributed by atoms with Crippen LogP contribution in [0.15, 0.2) is 84.4 Å². The summed E-state index contributed by atoms with van der Waals surface area (Å²) in [5, 5.41) is 12.0. The molecular weight excluding hydrogens is 613 g/mol. The number of rotatable bonds is 11. The van der Waals surface area contributed by atoms with Gasteiger partial charge in [0.2, 0.25) is 17.7 Å². The molecule has 0 saturated carbocycles. The van der Waals surface area contributed by atoms with Crippen molar-refractivity contribution in [1.82, 2.24) is 15.1 Å². The highest BCUT2D eigenvalue weighted by Crippen LogP contribution is 2.21. The number of likely N-dealkylation sites (N-methyl/N-ethyl adjacent to an activating group) is 3. The molecule has 3 rings (SSSR count). The molecule has 0 aliphatic rings. The molecule has 0 heterocycles. The second kappa shape index (κ2) is 16.7. The Kier molecular flexibility index (Phi) is 13.7. The van der Waals surface area contributed by atoms with Crippen molar-refractivity contribution in [3.63, 3.8) is 0 Å². The van der Waals surface area contributed by atoms with Gasteiger partial charge in [0, 0.05) is 45.6 Å². The van der Waals surface area contributed by atoms with Crippen LogP contribution in [0.5, 0.6) is 0 Å². The van der Waals surface area contributed by atoms with Gasteiger partial charge < -0.3 is 26.0 Å². The lowest BCUT2D eigenvalue weighted by molar-refractivity contribution is -0.192. The first-order valence-electron chi connectivity index (χ1n) is 14.9. The average Bonchev–Trinajstić information content (AvgIpc) is 3.00. The lowest BCUT2D eigenvalue weighted by Gasteiger charge is -2.34. The summed E-state index contributed by atoms with van der Waals surface area (Å²) in [6.07, 6.45) is -2.33. The molecule has 0 bridgehead atoms. The largest absolute Gasteiger partial charge is 0.490 e. The number of nitrogens with one attached hydrogen (secondary N) is 1. The van der Waals surface area contributed by atoms with Crippen molar-refractivity contribution in [3.05, 3.63) is 95.6 Å². The van der Waals surface area contributed by atoms with E-state index in [-0.39, 0.29) is 17.7 Å². The number of hydrogen-bond donors (Lipinski definition) is 3. The van der Waals surface area contributed by atoms with Gasteiger partial charge in [-0.25, -0.2) is 4.79 Å². The number of carbonyl (C=O) groups excluding carboxylic acids is 3. The number of carboxylic acids is 1. The maximum Gasteiger partial charge on any atom is 0.490 e. The lowest BCUT2D eigenvalue weighted by Crippen LogP contribution is -2.55. The minimum Gasteiger partial charge on any atom is -0.475 e. The maximum absolute atomic E-state index is 14.1. The Morgan fingerprint density at radius 1 is 0.851 bits per heavy atom. The molecule has 0 radical (unpaired) electrons. The molecule has 0 fully saturated rings. The van der Waals surface area contributed by atoms with Crippen molar-refractivity contribution >= 4 is 34.5 Å². The van der Waals surface area contributed by atoms with E-state index in [9.17, 15) is 27.6 Å². The molecular formula is C35H43F3N4O5. The van der Waals surface area contributed by atoms with Crippen LogP contribution in [0, 0.1) is 0 Å². The average molecular weight is 657 g/mol. The van der Waals surface area contributed by atoms with E-state index in [0.717, 1.165) is 27.5 Å². The molecule has 3 aromatic carbocycles. The summed E-state index contributed by atoms with van der Waals surface area (Å²) in [6, 6.07) is 22.1. The van der Waals surface area contributed by atoms with Gasteiger partial charge in [-0.05, 0) is 49.1 Å². The second-order valence-electron chi connectivity index (χ2n) is 12.1. The van der Waals surface area contributed by atoms with Crippen LogP contribution < -0.4 is 11.1 Å². The number of nitrogens with zero attached hydrogens (tertiary/aromatic N) is 2. The number of amides is 3. The van der Waals surface area contributed by atoms with Gasteiger partial charge in [0.25, 0.3) is 0 Å². The van der Waals surface area contributed by atoms with Gasteiger partial charge in [0.1, 0.15) is 12.1 Å². The smallest absolute Gasteiger partial charge is 0.475 e. The zero-order chi connectivity index (χ0) is 35.5. The number of carboxylic acid groups (broad SMARTS) is 1. The Morgan fingerprint density at radius 3 is 1.91 bits per heavy atom. The summed E-state index contributed by atoms with van der Waals surface area (Å²) >= 11 is 0. The molecule has 0 unspecified atom stereocenters. The monoisotopic (exact) mass is 656 g/mol. The van der Waals surface area contributed by atoms with E-state index in [2.05, 4.69) is 5.32 Å². The molecule has 9 nitrogen and oxygen atoms in total. The predicted octanol–water partition coefficient (Wildman–Crippen LogP) is 4.73. The van der Waals surface area contributed by atoms with Gasteiger partial charge in [-0.2, -0.15) is 13.2 Å². The predicted molar refractivity (Wildman–Crippen MR) is 175 cm³/mol. The molecule has 0 spiro atoms. The summed E-state index contributed by atoms with van der Waals surface area (Å²) in [4.78, 5) is 52.4. The van der Waals surface area contributed by atoms with E-state index >= 15 is 0 Å². The first-order valence-corrected chi connectivity index (χ1v) is 14.9. The number of fused-ring (bicyclic) bond motifs is 1. The van der Waals surface area contributed by atoms with Gasteiger partial charge in [-0.15, -0.1) is 0 Å². The third kappa shape index (κ3) is 12.2. The van der Waals surface area contributed by atoms with Crippen LogP contribution in [0.2, 0.25) is 0 Å². The number of nitrogens with two attached hydrogens (primary N) is 1. The molecule has 3 aromatic rings. The van der Waals surface area contributed by atoms with Crippen molar-refractivity contribution in [3.8, 4) is 0 Å². The summed E-state index contributed by atoms with van der Waals surface area (Å²) in [5.74, 6) is -3.61. The standard InChI is InChI=1S/C33H42N4O3.C2HF3O2/c1-23(22-33(2,3)34)18-30(38)36(5)29(21-25-16-17-26-14-10-11-15-27(26)19-25)32(40)37(6)28(31(39)35-4)20-24-12-8-7-9-13-24;3-2(4,5)1(6)7/h7-19,28-29H,20-22,34H2,1-6H3,(H,35,39);(H,6,7)/b23-18-;/t28-,29-;/m1./s1. The molecule has 0 aromatic heterocycles. The molecule has 4 N–H and O–H groups in total. The summed E-state index contributed by atoms with van der Waals surface area (Å²) in [5.41, 5.74) is 8.40. The van der Waals surface area contributed by atoms with E-state index < -0.39 is 29.8 Å². The third-order valence-corrected chi connectivity index (χ3v) is 7.33. The van der Waals surface area contributed by atoms with E-state index in [1.165, 1.54) is 9.80 Å². The Morgan fingerprint density at radius 2 is 1.38 bits per heavy atom. The number of carbonyl (C=O) groups is 4. The zero-order valence-corrected chi connectivity index (χ0v) is 27.5. The van der Waals surface area contributed by atoms with Crippen molar-refractivity contribution in [2.45, 2.75) is 63.8 Å². The van der Waals surface area contributed by atoms with Crippen LogP contribution in [0.1, 0.15) is 38.3 Å². The molecule has 3 amide bonds. The van der Waals surface area contributed by atoms with Crippen molar-refractivity contribution in [1.29, 1.82) is 0 Å². The number of aliphatic carboxylic acids is 1. The number of hydrogen-bond acceptors (Lipinski definition) is 5. The van der Waals surface area contributed by atoms with Crippen LogP contribution in [0.3, 0.4) is 0 Å². The fraction of sp³-hybridized carbons (Fsp3) is 0.371. The molecule has 0 saturated heterocycles. The van der Waals surface area contributed by atoms with Gasteiger partial charge in [0.05, 0.1) is 0 Å². The Labute approximate surface area is 273 Å². The fourth-order valence-electron chi connectivity index (χ4n) is 5.01. The summed E-state index contributed by atoms with van der Waals surface area (Å²) in [6.45, 7) is 5.69. The summed E-state index contributed by atoms with van der Waals surface area (Å²) < 4.78 is 31.7. The minimum absolute atomic E-state index is 0.265. The Hall–Kier alpha value is -4.71. The minimum atomic E-state index is -5.08. The van der Waals surface area contributed by atoms with E-state index in [4.69, 9.17) is 15.6 Å². The number of benzene rings is 3. The van der Waals surface area contributed by atoms with Crippen molar-refractivity contribution < 1.29 is 37.5 Å².